The third-order valence-electron chi connectivity index (χ3n) is 4.42. The summed E-state index contributed by atoms with van der Waals surface area (Å²) in [6.45, 7) is 6.89. The van der Waals surface area contributed by atoms with E-state index >= 15 is 0 Å². The number of ether oxygens (including phenoxy) is 1. The molecule has 142 valence electrons. The van der Waals surface area contributed by atoms with E-state index in [4.69, 9.17) is 4.74 Å². The summed E-state index contributed by atoms with van der Waals surface area (Å²) in [5.74, 6) is 1.12. The van der Waals surface area contributed by atoms with Crippen molar-refractivity contribution in [3.05, 3.63) is 59.9 Å². The highest BCUT2D eigenvalue weighted by molar-refractivity contribution is 5.95. The van der Waals surface area contributed by atoms with Crippen LogP contribution in [0.5, 0.6) is 5.75 Å². The summed E-state index contributed by atoms with van der Waals surface area (Å²) in [5, 5.41) is 0. The highest BCUT2D eigenvalue weighted by Crippen LogP contribution is 2.16. The van der Waals surface area contributed by atoms with Crippen molar-refractivity contribution in [2.45, 2.75) is 13.8 Å². The average Bonchev–Trinajstić information content (AvgIpc) is 2.72. The fourth-order valence-corrected chi connectivity index (χ4v) is 2.90. The second-order valence-electron chi connectivity index (χ2n) is 7.03. The third-order valence-corrected chi connectivity index (χ3v) is 4.42. The van der Waals surface area contributed by atoms with E-state index in [9.17, 15) is 9.59 Å². The van der Waals surface area contributed by atoms with E-state index in [1.165, 1.54) is 0 Å². The van der Waals surface area contributed by atoms with Gasteiger partial charge in [-0.3, -0.25) is 14.6 Å². The second-order valence-corrected chi connectivity index (χ2v) is 7.03. The Morgan fingerprint density at radius 2 is 1.59 bits per heavy atom. The lowest BCUT2D eigenvalue weighted by molar-refractivity contribution is 0.0532. The summed E-state index contributed by atoms with van der Waals surface area (Å²) in [5.41, 5.74) is 1.07. The van der Waals surface area contributed by atoms with Crippen LogP contribution in [-0.2, 0) is 0 Å². The molecule has 6 heteroatoms. The first kappa shape index (κ1) is 18.9. The van der Waals surface area contributed by atoms with Crippen molar-refractivity contribution < 1.29 is 14.3 Å². The van der Waals surface area contributed by atoms with Crippen LogP contribution in [0.2, 0.25) is 0 Å². The molecule has 27 heavy (non-hydrogen) atoms. The van der Waals surface area contributed by atoms with Gasteiger partial charge in [0.15, 0.2) is 0 Å². The molecule has 2 heterocycles. The zero-order valence-electron chi connectivity index (χ0n) is 15.8. The number of aromatic nitrogens is 1. The lowest BCUT2D eigenvalue weighted by Gasteiger charge is -2.34. The standard InChI is InChI=1S/C21H25N3O3/c1-16(2)15-27-18-8-6-17(7-9-18)20(25)23-11-13-24(14-12-23)21(26)19-5-3-4-10-22-19/h3-10,16H,11-15H2,1-2H3. The molecule has 2 aromatic rings. The molecule has 1 saturated heterocycles. The summed E-state index contributed by atoms with van der Waals surface area (Å²) >= 11 is 0. The Morgan fingerprint density at radius 1 is 0.963 bits per heavy atom. The lowest BCUT2D eigenvalue weighted by atomic mass is 10.1. The first-order chi connectivity index (χ1) is 13.0. The van der Waals surface area contributed by atoms with E-state index in [1.807, 2.05) is 12.1 Å². The van der Waals surface area contributed by atoms with Crippen molar-refractivity contribution in [3.8, 4) is 5.75 Å². The van der Waals surface area contributed by atoms with Gasteiger partial charge in [-0.1, -0.05) is 19.9 Å². The molecule has 1 aromatic carbocycles. The molecule has 0 aliphatic carbocycles. The number of piperazine rings is 1. The van der Waals surface area contributed by atoms with E-state index in [-0.39, 0.29) is 11.8 Å². The van der Waals surface area contributed by atoms with Crippen LogP contribution in [0, 0.1) is 5.92 Å². The van der Waals surface area contributed by atoms with E-state index in [0.717, 1.165) is 5.75 Å². The SMILES string of the molecule is CC(C)COc1ccc(C(=O)N2CCN(C(=O)c3ccccn3)CC2)cc1. The zero-order chi connectivity index (χ0) is 19.2. The third kappa shape index (κ3) is 4.84. The number of carbonyl (C=O) groups excluding carboxylic acids is 2. The summed E-state index contributed by atoms with van der Waals surface area (Å²) in [6, 6.07) is 12.5. The van der Waals surface area contributed by atoms with Gasteiger partial charge in [0.2, 0.25) is 0 Å². The van der Waals surface area contributed by atoms with Crippen LogP contribution in [0.15, 0.2) is 48.7 Å². The predicted molar refractivity (Wildman–Crippen MR) is 103 cm³/mol. The fraction of sp³-hybridized carbons (Fsp3) is 0.381. The summed E-state index contributed by atoms with van der Waals surface area (Å²) in [4.78, 5) is 32.8. The molecule has 0 N–H and O–H groups in total. The average molecular weight is 367 g/mol. The molecule has 0 bridgehead atoms. The summed E-state index contributed by atoms with van der Waals surface area (Å²) in [7, 11) is 0. The maximum absolute atomic E-state index is 12.7. The highest BCUT2D eigenvalue weighted by Gasteiger charge is 2.25. The number of rotatable bonds is 5. The number of pyridine rings is 1. The molecule has 1 fully saturated rings. The van der Waals surface area contributed by atoms with Crippen LogP contribution >= 0.6 is 0 Å². The molecule has 1 aliphatic rings. The molecule has 0 radical (unpaired) electrons. The second kappa shape index (κ2) is 8.66. The smallest absolute Gasteiger partial charge is 0.272 e. The summed E-state index contributed by atoms with van der Waals surface area (Å²) in [6.07, 6.45) is 1.61. The molecule has 0 spiro atoms. The Morgan fingerprint density at radius 3 is 2.15 bits per heavy atom. The van der Waals surface area contributed by atoms with Crippen LogP contribution in [0.25, 0.3) is 0 Å². The largest absolute Gasteiger partial charge is 0.493 e. The van der Waals surface area contributed by atoms with Gasteiger partial charge in [0.1, 0.15) is 11.4 Å². The van der Waals surface area contributed by atoms with Gasteiger partial charge in [-0.2, -0.15) is 0 Å². The van der Waals surface area contributed by atoms with Gasteiger partial charge >= 0.3 is 0 Å². The van der Waals surface area contributed by atoms with Crippen molar-refractivity contribution in [3.63, 3.8) is 0 Å². The quantitative estimate of drug-likeness (QED) is 0.815. The van der Waals surface area contributed by atoms with Crippen LogP contribution in [-0.4, -0.2) is 59.4 Å². The van der Waals surface area contributed by atoms with Gasteiger partial charge in [0.25, 0.3) is 11.8 Å². The number of hydrogen-bond donors (Lipinski definition) is 0. The molecule has 1 aliphatic heterocycles. The van der Waals surface area contributed by atoms with Crippen molar-refractivity contribution in [2.24, 2.45) is 5.92 Å². The van der Waals surface area contributed by atoms with Crippen LogP contribution in [0.3, 0.4) is 0 Å². The molecule has 6 nitrogen and oxygen atoms in total. The first-order valence-electron chi connectivity index (χ1n) is 9.27. The van der Waals surface area contributed by atoms with Crippen molar-refractivity contribution in [1.82, 2.24) is 14.8 Å². The molecule has 3 rings (SSSR count). The van der Waals surface area contributed by atoms with Gasteiger partial charge in [-0.25, -0.2) is 0 Å². The minimum atomic E-state index is -0.0886. The minimum absolute atomic E-state index is 0.0182. The first-order valence-corrected chi connectivity index (χ1v) is 9.27. The molecule has 0 saturated carbocycles. The molecular formula is C21H25N3O3. The fourth-order valence-electron chi connectivity index (χ4n) is 2.90. The van der Waals surface area contributed by atoms with Gasteiger partial charge in [-0.15, -0.1) is 0 Å². The highest BCUT2D eigenvalue weighted by atomic mass is 16.5. The van der Waals surface area contributed by atoms with Crippen molar-refractivity contribution in [1.29, 1.82) is 0 Å². The molecule has 0 atom stereocenters. The van der Waals surface area contributed by atoms with E-state index in [2.05, 4.69) is 18.8 Å². The normalized spacial score (nSPS) is 14.3. The number of amides is 2. The van der Waals surface area contributed by atoms with E-state index < -0.39 is 0 Å². The van der Waals surface area contributed by atoms with Crippen LogP contribution < -0.4 is 4.74 Å². The van der Waals surface area contributed by atoms with E-state index in [0.29, 0.717) is 50.0 Å². The van der Waals surface area contributed by atoms with Gasteiger partial charge in [0.05, 0.1) is 6.61 Å². The number of nitrogens with zero attached hydrogens (tertiary/aromatic N) is 3. The molecule has 0 unspecified atom stereocenters. The minimum Gasteiger partial charge on any atom is -0.493 e. The zero-order valence-corrected chi connectivity index (χ0v) is 15.8. The maximum Gasteiger partial charge on any atom is 0.272 e. The maximum atomic E-state index is 12.7. The van der Waals surface area contributed by atoms with E-state index in [1.54, 1.807) is 46.3 Å². The van der Waals surface area contributed by atoms with Crippen LogP contribution in [0.1, 0.15) is 34.7 Å². The molecule has 2 amide bonds. The number of benzene rings is 1. The molecule has 1 aromatic heterocycles. The van der Waals surface area contributed by atoms with Crippen molar-refractivity contribution >= 4 is 11.8 Å². The Balaban J connectivity index is 1.54. The summed E-state index contributed by atoms with van der Waals surface area (Å²) < 4.78 is 5.66. The molecular weight excluding hydrogens is 342 g/mol. The van der Waals surface area contributed by atoms with Gasteiger partial charge < -0.3 is 14.5 Å². The van der Waals surface area contributed by atoms with Gasteiger partial charge in [-0.05, 0) is 42.3 Å². The number of carbonyl (C=O) groups is 2. The Bertz CT molecular complexity index is 767. The van der Waals surface area contributed by atoms with Crippen LogP contribution in [0.4, 0.5) is 0 Å². The Kier molecular flexibility index (Phi) is 6.06. The Labute approximate surface area is 159 Å². The lowest BCUT2D eigenvalue weighted by Crippen LogP contribution is -2.50. The number of hydrogen-bond acceptors (Lipinski definition) is 4. The Hall–Kier alpha value is -2.89. The topological polar surface area (TPSA) is 62.7 Å². The van der Waals surface area contributed by atoms with Gasteiger partial charge in [0, 0.05) is 37.9 Å². The monoisotopic (exact) mass is 367 g/mol. The predicted octanol–water partition coefficient (Wildman–Crippen LogP) is 2.71. The van der Waals surface area contributed by atoms with Crippen molar-refractivity contribution in [2.75, 3.05) is 32.8 Å².